The summed E-state index contributed by atoms with van der Waals surface area (Å²) in [6.07, 6.45) is 1.22. The Morgan fingerprint density at radius 1 is 1.03 bits per heavy atom. The van der Waals surface area contributed by atoms with Crippen molar-refractivity contribution in [2.45, 2.75) is 12.7 Å². The second kappa shape index (κ2) is 8.92. The highest BCUT2D eigenvalue weighted by atomic mass is 16.5. The molecule has 0 bridgehead atoms. The number of carbonyl (C=O) groups is 1. The van der Waals surface area contributed by atoms with Crippen LogP contribution >= 0.6 is 0 Å². The van der Waals surface area contributed by atoms with Crippen LogP contribution in [-0.2, 0) is 11.3 Å². The van der Waals surface area contributed by atoms with E-state index in [2.05, 4.69) is 5.32 Å². The molecule has 0 radical (unpaired) electrons. The molecule has 1 atom stereocenters. The fraction of sp³-hybridized carbons (Fsp3) is 0.261. The van der Waals surface area contributed by atoms with Gasteiger partial charge < -0.3 is 28.8 Å². The van der Waals surface area contributed by atoms with Gasteiger partial charge in [0, 0.05) is 12.8 Å². The second-order valence-corrected chi connectivity index (χ2v) is 6.86. The van der Waals surface area contributed by atoms with Crippen molar-refractivity contribution in [3.8, 4) is 11.5 Å². The number of nitrogens with one attached hydrogen (secondary N) is 1. The molecular weight excluding hydrogens is 384 g/mol. The van der Waals surface area contributed by atoms with Crippen LogP contribution in [0.1, 0.15) is 27.8 Å². The molecule has 0 aliphatic carbocycles. The van der Waals surface area contributed by atoms with Crippen molar-refractivity contribution in [3.63, 3.8) is 0 Å². The Bertz CT molecular complexity index is 1000. The minimum Gasteiger partial charge on any atom is -0.493 e. The first-order valence-corrected chi connectivity index (χ1v) is 9.70. The van der Waals surface area contributed by atoms with Crippen molar-refractivity contribution in [1.82, 2.24) is 4.90 Å². The number of hydrogen-bond donors (Lipinski definition) is 1. The van der Waals surface area contributed by atoms with Gasteiger partial charge in [0.25, 0.3) is 5.91 Å². The summed E-state index contributed by atoms with van der Waals surface area (Å²) in [6, 6.07) is 16.8. The molecule has 1 N–H and O–H groups in total. The Balaban J connectivity index is 1.68. The average Bonchev–Trinajstić information content (AvgIpc) is 3.29. The van der Waals surface area contributed by atoms with Crippen molar-refractivity contribution >= 4 is 11.6 Å². The van der Waals surface area contributed by atoms with E-state index in [-0.39, 0.29) is 12.1 Å². The first-order chi connectivity index (χ1) is 14.7. The molecule has 0 saturated heterocycles. The van der Waals surface area contributed by atoms with Crippen molar-refractivity contribution in [2.75, 3.05) is 32.8 Å². The van der Waals surface area contributed by atoms with Gasteiger partial charge in [-0.1, -0.05) is 18.2 Å². The number of furan rings is 1. The smallest absolute Gasteiger partial charge is 0.258 e. The molecule has 30 heavy (non-hydrogen) atoms. The number of rotatable bonds is 8. The molecule has 0 spiro atoms. The molecule has 1 unspecified atom stereocenters. The van der Waals surface area contributed by atoms with Crippen molar-refractivity contribution in [3.05, 3.63) is 77.7 Å². The fourth-order valence-electron chi connectivity index (χ4n) is 3.50. The van der Waals surface area contributed by atoms with Gasteiger partial charge in [-0.05, 0) is 42.0 Å². The van der Waals surface area contributed by atoms with Crippen LogP contribution < -0.4 is 14.8 Å². The standard InChI is InChI=1S/C23H24N2O5/c1-27-12-13-30-20-10-9-16(14-21(20)28-2)22-24-19-8-4-3-7-18(19)23(26)25(22)15-17-6-5-11-29-17/h3-11,14,22,24H,12-13,15H2,1-2H3. The highest BCUT2D eigenvalue weighted by molar-refractivity contribution is 6.01. The third-order valence-corrected chi connectivity index (χ3v) is 4.98. The zero-order chi connectivity index (χ0) is 20.9. The molecule has 0 saturated carbocycles. The number of carbonyl (C=O) groups excluding carboxylic acids is 1. The van der Waals surface area contributed by atoms with E-state index in [1.165, 1.54) is 0 Å². The third kappa shape index (κ3) is 3.97. The molecule has 2 aromatic carbocycles. The Kier molecular flexibility index (Phi) is 5.90. The first kappa shape index (κ1) is 19.8. The summed E-state index contributed by atoms with van der Waals surface area (Å²) < 4.78 is 21.8. The van der Waals surface area contributed by atoms with E-state index in [4.69, 9.17) is 18.6 Å². The molecule has 1 amide bonds. The Morgan fingerprint density at radius 3 is 2.67 bits per heavy atom. The van der Waals surface area contributed by atoms with Crippen LogP contribution in [0.15, 0.2) is 65.3 Å². The van der Waals surface area contributed by atoms with Crippen LogP contribution in [0, 0.1) is 0 Å². The van der Waals surface area contributed by atoms with Gasteiger partial charge in [0.2, 0.25) is 0 Å². The SMILES string of the molecule is COCCOc1ccc(C2Nc3ccccc3C(=O)N2Cc2ccco2)cc1OC. The van der Waals surface area contributed by atoms with Gasteiger partial charge in [-0.3, -0.25) is 4.79 Å². The van der Waals surface area contributed by atoms with Crippen molar-refractivity contribution in [2.24, 2.45) is 0 Å². The number of benzene rings is 2. The van der Waals surface area contributed by atoms with E-state index < -0.39 is 0 Å². The normalized spacial score (nSPS) is 15.5. The van der Waals surface area contributed by atoms with Gasteiger partial charge in [-0.15, -0.1) is 0 Å². The zero-order valence-corrected chi connectivity index (χ0v) is 17.0. The maximum atomic E-state index is 13.3. The monoisotopic (exact) mass is 408 g/mol. The summed E-state index contributed by atoms with van der Waals surface area (Å²) in [5, 5.41) is 3.48. The molecule has 1 aromatic heterocycles. The maximum Gasteiger partial charge on any atom is 0.258 e. The second-order valence-electron chi connectivity index (χ2n) is 6.86. The predicted molar refractivity (Wildman–Crippen MR) is 112 cm³/mol. The van der Waals surface area contributed by atoms with E-state index in [0.29, 0.717) is 42.6 Å². The van der Waals surface area contributed by atoms with Gasteiger partial charge in [0.1, 0.15) is 18.5 Å². The highest BCUT2D eigenvalue weighted by Crippen LogP contribution is 2.37. The zero-order valence-electron chi connectivity index (χ0n) is 17.0. The Labute approximate surface area is 175 Å². The summed E-state index contributed by atoms with van der Waals surface area (Å²) in [5.41, 5.74) is 2.30. The number of para-hydroxylation sites is 1. The number of hydrogen-bond acceptors (Lipinski definition) is 6. The number of nitrogens with zero attached hydrogens (tertiary/aromatic N) is 1. The molecule has 1 aliphatic heterocycles. The van der Waals surface area contributed by atoms with E-state index in [1.54, 1.807) is 25.4 Å². The van der Waals surface area contributed by atoms with E-state index in [1.807, 2.05) is 54.6 Å². The number of anilines is 1. The first-order valence-electron chi connectivity index (χ1n) is 9.70. The number of methoxy groups -OCH3 is 2. The molecule has 7 nitrogen and oxygen atoms in total. The van der Waals surface area contributed by atoms with E-state index in [0.717, 1.165) is 11.3 Å². The van der Waals surface area contributed by atoms with Crippen molar-refractivity contribution < 1.29 is 23.4 Å². The largest absolute Gasteiger partial charge is 0.493 e. The summed E-state index contributed by atoms with van der Waals surface area (Å²) in [4.78, 5) is 15.0. The number of ether oxygens (including phenoxy) is 3. The van der Waals surface area contributed by atoms with Crippen LogP contribution in [0.3, 0.4) is 0 Å². The van der Waals surface area contributed by atoms with Gasteiger partial charge in [0.05, 0.1) is 32.1 Å². The number of amides is 1. The minimum atomic E-state index is -0.389. The van der Waals surface area contributed by atoms with E-state index >= 15 is 0 Å². The minimum absolute atomic E-state index is 0.0647. The molecule has 7 heteroatoms. The van der Waals surface area contributed by atoms with Gasteiger partial charge >= 0.3 is 0 Å². The van der Waals surface area contributed by atoms with Crippen LogP contribution in [-0.4, -0.2) is 38.2 Å². The lowest BCUT2D eigenvalue weighted by atomic mass is 10.0. The van der Waals surface area contributed by atoms with Gasteiger partial charge in [-0.25, -0.2) is 0 Å². The molecule has 3 aromatic rings. The highest BCUT2D eigenvalue weighted by Gasteiger charge is 2.33. The fourth-order valence-corrected chi connectivity index (χ4v) is 3.50. The molecule has 4 rings (SSSR count). The molecule has 156 valence electrons. The van der Waals surface area contributed by atoms with Crippen LogP contribution in [0.4, 0.5) is 5.69 Å². The summed E-state index contributed by atoms with van der Waals surface area (Å²) in [7, 11) is 3.22. The Hall–Kier alpha value is -3.45. The summed E-state index contributed by atoms with van der Waals surface area (Å²) in [6.45, 7) is 1.24. The van der Waals surface area contributed by atoms with Crippen molar-refractivity contribution in [1.29, 1.82) is 0 Å². The lowest BCUT2D eigenvalue weighted by Crippen LogP contribution is -2.42. The van der Waals surface area contributed by atoms with Crippen LogP contribution in [0.25, 0.3) is 0 Å². The number of fused-ring (bicyclic) bond motifs is 1. The van der Waals surface area contributed by atoms with Gasteiger partial charge in [0.15, 0.2) is 11.5 Å². The topological polar surface area (TPSA) is 73.2 Å². The average molecular weight is 408 g/mol. The molecule has 0 fully saturated rings. The molecule has 2 heterocycles. The molecule has 1 aliphatic rings. The van der Waals surface area contributed by atoms with Crippen LogP contribution in [0.2, 0.25) is 0 Å². The lowest BCUT2D eigenvalue weighted by molar-refractivity contribution is 0.0651. The Morgan fingerprint density at radius 2 is 1.90 bits per heavy atom. The predicted octanol–water partition coefficient (Wildman–Crippen LogP) is 4.08. The maximum absolute atomic E-state index is 13.3. The molecular formula is C23H24N2O5. The quantitative estimate of drug-likeness (QED) is 0.566. The lowest BCUT2D eigenvalue weighted by Gasteiger charge is -2.37. The van der Waals surface area contributed by atoms with Crippen LogP contribution in [0.5, 0.6) is 11.5 Å². The van der Waals surface area contributed by atoms with E-state index in [9.17, 15) is 4.79 Å². The summed E-state index contributed by atoms with van der Waals surface area (Å²) >= 11 is 0. The third-order valence-electron chi connectivity index (χ3n) is 4.98. The summed E-state index contributed by atoms with van der Waals surface area (Å²) in [5.74, 6) is 1.86. The van der Waals surface area contributed by atoms with Gasteiger partial charge in [-0.2, -0.15) is 0 Å².